The third-order valence-electron chi connectivity index (χ3n) is 3.85. The molecule has 0 spiro atoms. The molecule has 0 aliphatic heterocycles. The van der Waals surface area contributed by atoms with Crippen LogP contribution in [0.4, 0.5) is 21.6 Å². The maximum Gasteiger partial charge on any atom is 0.271 e. The molecule has 0 amide bonds. The number of nitrogens with one attached hydrogen (secondary N) is 1. The van der Waals surface area contributed by atoms with Crippen LogP contribution in [0.3, 0.4) is 0 Å². The van der Waals surface area contributed by atoms with Gasteiger partial charge in [0.1, 0.15) is 22.8 Å². The number of anilines is 2. The van der Waals surface area contributed by atoms with Gasteiger partial charge in [-0.25, -0.2) is 14.4 Å². The van der Waals surface area contributed by atoms with Crippen molar-refractivity contribution < 1.29 is 9.31 Å². The average Bonchev–Trinajstić information content (AvgIpc) is 3.08. The summed E-state index contributed by atoms with van der Waals surface area (Å²) in [6.45, 7) is 0. The van der Waals surface area contributed by atoms with Crippen molar-refractivity contribution in [2.24, 2.45) is 0 Å². The van der Waals surface area contributed by atoms with Crippen molar-refractivity contribution in [3.05, 3.63) is 76.2 Å². The van der Waals surface area contributed by atoms with Crippen molar-refractivity contribution in [1.29, 1.82) is 0 Å². The molecular formula is C18H11FN4O2S. The highest BCUT2D eigenvalue weighted by Crippen LogP contribution is 2.37. The zero-order valence-corrected chi connectivity index (χ0v) is 14.0. The van der Waals surface area contributed by atoms with E-state index < -0.39 is 4.92 Å². The molecule has 2 aromatic carbocycles. The van der Waals surface area contributed by atoms with Crippen LogP contribution in [-0.2, 0) is 0 Å². The summed E-state index contributed by atoms with van der Waals surface area (Å²) in [5.41, 5.74) is 2.26. The maximum atomic E-state index is 13.2. The Balaban J connectivity index is 1.80. The molecule has 26 heavy (non-hydrogen) atoms. The van der Waals surface area contributed by atoms with Crippen LogP contribution in [0.15, 0.2) is 60.2 Å². The van der Waals surface area contributed by atoms with Gasteiger partial charge in [0.25, 0.3) is 5.69 Å². The van der Waals surface area contributed by atoms with Gasteiger partial charge in [0, 0.05) is 28.8 Å². The van der Waals surface area contributed by atoms with Gasteiger partial charge in [-0.15, -0.1) is 11.3 Å². The summed E-state index contributed by atoms with van der Waals surface area (Å²) in [4.78, 5) is 19.9. The number of hydrogen-bond acceptors (Lipinski definition) is 6. The smallest absolute Gasteiger partial charge is 0.271 e. The highest BCUT2D eigenvalue weighted by molar-refractivity contribution is 7.17. The van der Waals surface area contributed by atoms with E-state index in [0.29, 0.717) is 11.5 Å². The third kappa shape index (κ3) is 2.98. The van der Waals surface area contributed by atoms with Crippen LogP contribution < -0.4 is 5.32 Å². The minimum Gasteiger partial charge on any atom is -0.339 e. The molecule has 0 fully saturated rings. The molecule has 2 heterocycles. The van der Waals surface area contributed by atoms with E-state index in [9.17, 15) is 14.5 Å². The first-order chi connectivity index (χ1) is 12.6. The van der Waals surface area contributed by atoms with Gasteiger partial charge in [0.2, 0.25) is 0 Å². The predicted octanol–water partition coefficient (Wildman–Crippen LogP) is 5.15. The summed E-state index contributed by atoms with van der Waals surface area (Å²) < 4.78 is 13.2. The third-order valence-corrected chi connectivity index (χ3v) is 4.73. The molecule has 128 valence electrons. The van der Waals surface area contributed by atoms with Crippen LogP contribution in [0.5, 0.6) is 0 Å². The second kappa shape index (κ2) is 6.49. The number of rotatable bonds is 4. The van der Waals surface area contributed by atoms with Gasteiger partial charge in [-0.05, 0) is 23.8 Å². The Kier molecular flexibility index (Phi) is 4.02. The summed E-state index contributed by atoms with van der Waals surface area (Å²) >= 11 is 1.45. The van der Waals surface area contributed by atoms with Crippen molar-refractivity contribution in [1.82, 2.24) is 9.97 Å². The molecule has 2 aromatic heterocycles. The molecule has 0 bridgehead atoms. The van der Waals surface area contributed by atoms with E-state index in [0.717, 1.165) is 21.3 Å². The monoisotopic (exact) mass is 366 g/mol. The molecule has 0 aliphatic carbocycles. The Morgan fingerprint density at radius 1 is 1.12 bits per heavy atom. The zero-order valence-electron chi connectivity index (χ0n) is 13.2. The van der Waals surface area contributed by atoms with Gasteiger partial charge >= 0.3 is 0 Å². The lowest BCUT2D eigenvalue weighted by Crippen LogP contribution is -1.96. The summed E-state index contributed by atoms with van der Waals surface area (Å²) in [7, 11) is 0. The Bertz CT molecular complexity index is 1110. The van der Waals surface area contributed by atoms with Crippen molar-refractivity contribution in [2.75, 3.05) is 5.32 Å². The van der Waals surface area contributed by atoms with Gasteiger partial charge in [-0.1, -0.05) is 18.2 Å². The first kappa shape index (κ1) is 16.1. The molecule has 4 aromatic rings. The van der Waals surface area contributed by atoms with E-state index in [1.807, 2.05) is 5.38 Å². The fourth-order valence-corrected chi connectivity index (χ4v) is 3.56. The summed E-state index contributed by atoms with van der Waals surface area (Å²) in [6, 6.07) is 12.4. The minimum atomic E-state index is -0.449. The predicted molar refractivity (Wildman–Crippen MR) is 99.2 cm³/mol. The molecule has 0 saturated carbocycles. The summed E-state index contributed by atoms with van der Waals surface area (Å²) in [5, 5.41) is 16.8. The van der Waals surface area contributed by atoms with E-state index in [2.05, 4.69) is 15.3 Å². The Morgan fingerprint density at radius 2 is 1.92 bits per heavy atom. The quantitative estimate of drug-likeness (QED) is 0.399. The van der Waals surface area contributed by atoms with Crippen molar-refractivity contribution in [2.45, 2.75) is 0 Å². The number of aromatic nitrogens is 2. The van der Waals surface area contributed by atoms with Crippen LogP contribution in [0, 0.1) is 15.9 Å². The first-order valence-corrected chi connectivity index (χ1v) is 8.49. The Hall–Kier alpha value is -3.39. The molecule has 4 rings (SSSR count). The SMILES string of the molecule is O=[N+]([O-])c1cccc(Nc2ncnc3scc(-c4ccc(F)cc4)c23)c1. The van der Waals surface area contributed by atoms with E-state index in [4.69, 9.17) is 0 Å². The molecule has 0 radical (unpaired) electrons. The molecular weight excluding hydrogens is 355 g/mol. The topological polar surface area (TPSA) is 81.0 Å². The van der Waals surface area contributed by atoms with Crippen LogP contribution in [0.1, 0.15) is 0 Å². The second-order valence-electron chi connectivity index (χ2n) is 5.49. The number of fused-ring (bicyclic) bond motifs is 1. The van der Waals surface area contributed by atoms with Crippen LogP contribution >= 0.6 is 11.3 Å². The lowest BCUT2D eigenvalue weighted by Gasteiger charge is -2.08. The second-order valence-corrected chi connectivity index (χ2v) is 6.35. The highest BCUT2D eigenvalue weighted by Gasteiger charge is 2.14. The minimum absolute atomic E-state index is 0.00984. The van der Waals surface area contributed by atoms with E-state index >= 15 is 0 Å². The fourth-order valence-electron chi connectivity index (χ4n) is 2.65. The van der Waals surface area contributed by atoms with E-state index in [-0.39, 0.29) is 11.5 Å². The largest absolute Gasteiger partial charge is 0.339 e. The summed E-state index contributed by atoms with van der Waals surface area (Å²) in [6.07, 6.45) is 1.44. The van der Waals surface area contributed by atoms with E-state index in [1.54, 1.807) is 24.3 Å². The molecule has 1 N–H and O–H groups in total. The van der Waals surface area contributed by atoms with Gasteiger partial charge in [0.05, 0.1) is 10.3 Å². The Morgan fingerprint density at radius 3 is 2.69 bits per heavy atom. The Labute approximate surface area is 151 Å². The fraction of sp³-hybridized carbons (Fsp3) is 0. The summed E-state index contributed by atoms with van der Waals surface area (Å²) in [5.74, 6) is 0.232. The number of benzene rings is 2. The standard InChI is InChI=1S/C18H11FN4O2S/c19-12-6-4-11(5-7-12)15-9-26-18-16(15)17(20-10-21-18)22-13-2-1-3-14(8-13)23(24)25/h1-10H,(H,20,21,22). The highest BCUT2D eigenvalue weighted by atomic mass is 32.1. The zero-order chi connectivity index (χ0) is 18.1. The van der Waals surface area contributed by atoms with Crippen molar-refractivity contribution in [3.63, 3.8) is 0 Å². The molecule has 0 unspecified atom stereocenters. The number of thiophene rings is 1. The first-order valence-electron chi connectivity index (χ1n) is 7.61. The van der Waals surface area contributed by atoms with Crippen LogP contribution in [0.2, 0.25) is 0 Å². The molecule has 0 aliphatic rings. The number of non-ortho nitro benzene ring substituents is 1. The van der Waals surface area contributed by atoms with E-state index in [1.165, 1.54) is 41.9 Å². The maximum absolute atomic E-state index is 13.2. The number of halogens is 1. The number of nitro benzene ring substituents is 1. The van der Waals surface area contributed by atoms with Crippen molar-refractivity contribution in [3.8, 4) is 11.1 Å². The molecule has 8 heteroatoms. The van der Waals surface area contributed by atoms with Crippen LogP contribution in [0.25, 0.3) is 21.3 Å². The lowest BCUT2D eigenvalue weighted by atomic mass is 10.1. The molecule has 0 saturated heterocycles. The lowest BCUT2D eigenvalue weighted by molar-refractivity contribution is -0.384. The molecule has 6 nitrogen and oxygen atoms in total. The van der Waals surface area contributed by atoms with Crippen molar-refractivity contribution >= 4 is 38.7 Å². The van der Waals surface area contributed by atoms with Crippen LogP contribution in [-0.4, -0.2) is 14.9 Å². The van der Waals surface area contributed by atoms with Gasteiger partial charge in [-0.3, -0.25) is 10.1 Å². The van der Waals surface area contributed by atoms with Gasteiger partial charge in [-0.2, -0.15) is 0 Å². The number of nitrogens with zero attached hydrogens (tertiary/aromatic N) is 3. The van der Waals surface area contributed by atoms with Gasteiger partial charge in [0.15, 0.2) is 0 Å². The number of nitro groups is 1. The van der Waals surface area contributed by atoms with Gasteiger partial charge < -0.3 is 5.32 Å². The number of hydrogen-bond donors (Lipinski definition) is 1. The molecule has 0 atom stereocenters. The average molecular weight is 366 g/mol. The normalized spacial score (nSPS) is 10.8.